The fraction of sp³-hybridized carbons (Fsp3) is 0.323. The molecule has 0 amide bonds. The Balaban J connectivity index is 1.50. The Kier molecular flexibility index (Phi) is 9.16. The first kappa shape index (κ1) is 29.4. The topological polar surface area (TPSA) is 39.5 Å². The summed E-state index contributed by atoms with van der Waals surface area (Å²) >= 11 is 7.54. The van der Waals surface area contributed by atoms with E-state index in [-0.39, 0.29) is 28.8 Å². The number of benzene rings is 3. The molecule has 3 aromatic carbocycles. The average molecular weight is 602 g/mol. The standard InChI is InChI=1S/C31H31ClF3N3O2S/c1-37(2)13-14-40-22-16-26(34)24(27(35)17-22)18-41-31-36-28-6-4-5-23(19-7-12-25(32)29(15-19)39-3)30(28)38(31)21-10-8-20(33)9-11-21/h7-12,15-17,23H,4-6,13-14,18H2,1-3H3. The smallest absolute Gasteiger partial charge is 0.173 e. The van der Waals surface area contributed by atoms with E-state index in [2.05, 4.69) is 0 Å². The third-order valence-corrected chi connectivity index (χ3v) is 8.40. The van der Waals surface area contributed by atoms with Gasteiger partial charge in [-0.3, -0.25) is 4.57 Å². The summed E-state index contributed by atoms with van der Waals surface area (Å²) in [6, 6.07) is 14.3. The molecule has 0 N–H and O–H groups in total. The summed E-state index contributed by atoms with van der Waals surface area (Å²) < 4.78 is 57.0. The van der Waals surface area contributed by atoms with E-state index in [1.807, 2.05) is 41.8 Å². The van der Waals surface area contributed by atoms with E-state index in [1.54, 1.807) is 19.2 Å². The van der Waals surface area contributed by atoms with Gasteiger partial charge in [-0.2, -0.15) is 0 Å². The summed E-state index contributed by atoms with van der Waals surface area (Å²) in [7, 11) is 5.37. The molecule has 0 aliphatic heterocycles. The van der Waals surface area contributed by atoms with Crippen LogP contribution in [0.1, 0.15) is 41.3 Å². The van der Waals surface area contributed by atoms with Gasteiger partial charge in [-0.1, -0.05) is 29.4 Å². The number of aryl methyl sites for hydroxylation is 1. The Hall–Kier alpha value is -3.14. The maximum Gasteiger partial charge on any atom is 0.173 e. The van der Waals surface area contributed by atoms with Crippen LogP contribution in [0.3, 0.4) is 0 Å². The number of nitrogens with zero attached hydrogens (tertiary/aromatic N) is 3. The molecule has 5 nitrogen and oxygen atoms in total. The van der Waals surface area contributed by atoms with Crippen molar-refractivity contribution in [1.82, 2.24) is 14.5 Å². The molecule has 0 bridgehead atoms. The molecule has 1 atom stereocenters. The number of rotatable bonds is 10. The van der Waals surface area contributed by atoms with E-state index in [0.717, 1.165) is 41.9 Å². The van der Waals surface area contributed by atoms with Crippen molar-refractivity contribution in [1.29, 1.82) is 0 Å². The van der Waals surface area contributed by atoms with Crippen molar-refractivity contribution in [2.75, 3.05) is 34.4 Å². The zero-order valence-corrected chi connectivity index (χ0v) is 24.7. The minimum absolute atomic E-state index is 0.0200. The normalized spacial score (nSPS) is 14.8. The van der Waals surface area contributed by atoms with Crippen molar-refractivity contribution < 1.29 is 22.6 Å². The van der Waals surface area contributed by atoms with Crippen LogP contribution in [0.15, 0.2) is 59.8 Å². The number of imidazole rings is 1. The Morgan fingerprint density at radius 3 is 2.46 bits per heavy atom. The van der Waals surface area contributed by atoms with Crippen LogP contribution >= 0.6 is 23.4 Å². The Morgan fingerprint density at radius 1 is 1.05 bits per heavy atom. The van der Waals surface area contributed by atoms with Gasteiger partial charge >= 0.3 is 0 Å². The zero-order valence-electron chi connectivity index (χ0n) is 23.1. The highest BCUT2D eigenvalue weighted by Crippen LogP contribution is 2.43. The lowest BCUT2D eigenvalue weighted by Crippen LogP contribution is -2.19. The van der Waals surface area contributed by atoms with Crippen molar-refractivity contribution in [3.8, 4) is 17.2 Å². The lowest BCUT2D eigenvalue weighted by molar-refractivity contribution is 0.259. The first-order chi connectivity index (χ1) is 19.7. The molecule has 0 fully saturated rings. The number of hydrogen-bond donors (Lipinski definition) is 0. The minimum atomic E-state index is -0.673. The molecule has 1 heterocycles. The number of fused-ring (bicyclic) bond motifs is 1. The molecule has 4 aromatic rings. The number of ether oxygens (including phenoxy) is 2. The van der Waals surface area contributed by atoms with E-state index in [0.29, 0.717) is 29.1 Å². The van der Waals surface area contributed by atoms with Gasteiger partial charge in [0.05, 0.1) is 23.5 Å². The number of hydrogen-bond acceptors (Lipinski definition) is 5. The molecular formula is C31H31ClF3N3O2S. The molecule has 41 heavy (non-hydrogen) atoms. The second-order valence-corrected chi connectivity index (χ2v) is 11.5. The van der Waals surface area contributed by atoms with Gasteiger partial charge in [-0.15, -0.1) is 0 Å². The lowest BCUT2D eigenvalue weighted by atomic mass is 9.84. The van der Waals surface area contributed by atoms with Gasteiger partial charge in [-0.25, -0.2) is 18.2 Å². The monoisotopic (exact) mass is 601 g/mol. The molecule has 0 radical (unpaired) electrons. The molecule has 1 aliphatic carbocycles. The molecule has 0 saturated heterocycles. The van der Waals surface area contributed by atoms with Gasteiger partial charge in [0.2, 0.25) is 0 Å². The van der Waals surface area contributed by atoms with Gasteiger partial charge in [0.1, 0.15) is 35.6 Å². The first-order valence-electron chi connectivity index (χ1n) is 13.3. The zero-order chi connectivity index (χ0) is 29.1. The highest BCUT2D eigenvalue weighted by Gasteiger charge is 2.31. The van der Waals surface area contributed by atoms with E-state index >= 15 is 8.78 Å². The van der Waals surface area contributed by atoms with Crippen molar-refractivity contribution >= 4 is 23.4 Å². The highest BCUT2D eigenvalue weighted by molar-refractivity contribution is 7.98. The summed E-state index contributed by atoms with van der Waals surface area (Å²) in [5, 5.41) is 1.10. The Morgan fingerprint density at radius 2 is 1.78 bits per heavy atom. The second-order valence-electron chi connectivity index (χ2n) is 10.2. The molecular weight excluding hydrogens is 571 g/mol. The molecule has 1 unspecified atom stereocenters. The van der Waals surface area contributed by atoms with Crippen LogP contribution in [0, 0.1) is 17.5 Å². The van der Waals surface area contributed by atoms with Gasteiger partial charge in [0, 0.05) is 41.6 Å². The maximum absolute atomic E-state index is 15.0. The van der Waals surface area contributed by atoms with Crippen LogP contribution in [-0.2, 0) is 12.2 Å². The second kappa shape index (κ2) is 12.8. The summed E-state index contributed by atoms with van der Waals surface area (Å²) in [4.78, 5) is 6.86. The summed E-state index contributed by atoms with van der Waals surface area (Å²) in [5.74, 6) is -0.969. The Labute approximate surface area is 247 Å². The lowest BCUT2D eigenvalue weighted by Gasteiger charge is -2.26. The minimum Gasteiger partial charge on any atom is -0.495 e. The SMILES string of the molecule is COc1cc(C2CCCc3nc(SCc4c(F)cc(OCCN(C)C)cc4F)n(-c4ccc(F)cc4)c32)ccc1Cl. The van der Waals surface area contributed by atoms with Crippen LogP contribution < -0.4 is 9.47 Å². The molecule has 1 aromatic heterocycles. The molecule has 10 heteroatoms. The van der Waals surface area contributed by atoms with Crippen molar-refractivity contribution in [3.05, 3.63) is 99.6 Å². The molecule has 0 spiro atoms. The van der Waals surface area contributed by atoms with Crippen LogP contribution in [0.25, 0.3) is 5.69 Å². The number of aromatic nitrogens is 2. The summed E-state index contributed by atoms with van der Waals surface area (Å²) in [5.41, 5.74) is 3.57. The number of thioether (sulfide) groups is 1. The van der Waals surface area contributed by atoms with Crippen LogP contribution in [-0.4, -0.2) is 48.8 Å². The summed E-state index contributed by atoms with van der Waals surface area (Å²) in [6.07, 6.45) is 2.55. The largest absolute Gasteiger partial charge is 0.495 e. The van der Waals surface area contributed by atoms with Gasteiger partial charge in [-0.05, 0) is 75.3 Å². The fourth-order valence-corrected chi connectivity index (χ4v) is 6.30. The third-order valence-electron chi connectivity index (χ3n) is 7.12. The van der Waals surface area contributed by atoms with Crippen molar-refractivity contribution in [2.24, 2.45) is 0 Å². The van der Waals surface area contributed by atoms with E-state index in [9.17, 15) is 4.39 Å². The molecule has 1 aliphatic rings. The first-order valence-corrected chi connectivity index (χ1v) is 14.7. The predicted molar refractivity (Wildman–Crippen MR) is 156 cm³/mol. The van der Waals surface area contributed by atoms with Gasteiger partial charge < -0.3 is 14.4 Å². The predicted octanol–water partition coefficient (Wildman–Crippen LogP) is 7.65. The van der Waals surface area contributed by atoms with Crippen LogP contribution in [0.2, 0.25) is 5.02 Å². The number of halogens is 4. The number of likely N-dealkylation sites (N-methyl/N-ethyl adjacent to an activating group) is 1. The van der Waals surface area contributed by atoms with E-state index in [4.69, 9.17) is 26.1 Å². The quantitative estimate of drug-likeness (QED) is 0.175. The summed E-state index contributed by atoms with van der Waals surface area (Å²) in [6.45, 7) is 0.947. The van der Waals surface area contributed by atoms with E-state index in [1.165, 1.54) is 36.0 Å². The third kappa shape index (κ3) is 6.52. The molecule has 0 saturated carbocycles. The van der Waals surface area contributed by atoms with Crippen LogP contribution in [0.5, 0.6) is 11.5 Å². The molecule has 5 rings (SSSR count). The maximum atomic E-state index is 15.0. The Bertz CT molecular complexity index is 1510. The van der Waals surface area contributed by atoms with Gasteiger partial charge in [0.25, 0.3) is 0 Å². The molecule has 216 valence electrons. The number of methoxy groups -OCH3 is 1. The van der Waals surface area contributed by atoms with Crippen molar-refractivity contribution in [3.63, 3.8) is 0 Å². The average Bonchev–Trinajstić information content (AvgIpc) is 3.31. The van der Waals surface area contributed by atoms with Crippen LogP contribution in [0.4, 0.5) is 13.2 Å². The van der Waals surface area contributed by atoms with Crippen molar-refractivity contribution in [2.45, 2.75) is 36.1 Å². The van der Waals surface area contributed by atoms with E-state index < -0.39 is 11.6 Å². The van der Waals surface area contributed by atoms with Gasteiger partial charge in [0.15, 0.2) is 5.16 Å². The highest BCUT2D eigenvalue weighted by atomic mass is 35.5. The fourth-order valence-electron chi connectivity index (χ4n) is 5.04.